The molecular formula is C18H22N4O3. The Morgan fingerprint density at radius 1 is 1.28 bits per heavy atom. The van der Waals surface area contributed by atoms with E-state index < -0.39 is 0 Å². The third-order valence-electron chi connectivity index (χ3n) is 4.18. The molecule has 0 saturated carbocycles. The smallest absolute Gasteiger partial charge is 0.239 e. The fraction of sp³-hybridized carbons (Fsp3) is 0.389. The van der Waals surface area contributed by atoms with E-state index in [1.165, 1.54) is 0 Å². The zero-order valence-electron chi connectivity index (χ0n) is 14.2. The van der Waals surface area contributed by atoms with E-state index in [-0.39, 0.29) is 24.3 Å². The van der Waals surface area contributed by atoms with Gasteiger partial charge in [0.15, 0.2) is 5.82 Å². The van der Waals surface area contributed by atoms with Gasteiger partial charge in [0.25, 0.3) is 0 Å². The van der Waals surface area contributed by atoms with Gasteiger partial charge in [0.05, 0.1) is 12.5 Å². The highest BCUT2D eigenvalue weighted by Crippen LogP contribution is 2.19. The van der Waals surface area contributed by atoms with E-state index in [1.54, 1.807) is 13.0 Å². The summed E-state index contributed by atoms with van der Waals surface area (Å²) in [5.74, 6) is 0.792. The number of amides is 2. The van der Waals surface area contributed by atoms with Crippen molar-refractivity contribution in [1.29, 1.82) is 0 Å². The van der Waals surface area contributed by atoms with Crippen molar-refractivity contribution in [3.05, 3.63) is 42.2 Å². The van der Waals surface area contributed by atoms with Crippen molar-refractivity contribution in [2.45, 2.75) is 19.8 Å². The van der Waals surface area contributed by atoms with E-state index in [2.05, 4.69) is 15.8 Å². The first-order valence-corrected chi connectivity index (χ1v) is 8.41. The van der Waals surface area contributed by atoms with E-state index in [1.807, 2.05) is 35.2 Å². The first kappa shape index (κ1) is 17.2. The predicted molar refractivity (Wildman–Crippen MR) is 94.1 cm³/mol. The lowest BCUT2D eigenvalue weighted by atomic mass is 9.97. The lowest BCUT2D eigenvalue weighted by Crippen LogP contribution is -2.44. The van der Waals surface area contributed by atoms with Gasteiger partial charge in [0.1, 0.15) is 5.76 Å². The Balaban J connectivity index is 1.50. The minimum atomic E-state index is -0.155. The summed E-state index contributed by atoms with van der Waals surface area (Å²) in [5, 5.41) is 9.40. The van der Waals surface area contributed by atoms with Crippen molar-refractivity contribution >= 4 is 23.3 Å². The van der Waals surface area contributed by atoms with Gasteiger partial charge >= 0.3 is 0 Å². The molecule has 0 radical (unpaired) electrons. The highest BCUT2D eigenvalue weighted by atomic mass is 16.5. The number of aryl methyl sites for hydroxylation is 1. The van der Waals surface area contributed by atoms with Gasteiger partial charge in [-0.15, -0.1) is 0 Å². The normalized spacial score (nSPS) is 17.9. The van der Waals surface area contributed by atoms with E-state index >= 15 is 0 Å². The van der Waals surface area contributed by atoms with Crippen molar-refractivity contribution in [3.63, 3.8) is 0 Å². The summed E-state index contributed by atoms with van der Waals surface area (Å²) in [6.45, 7) is 3.38. The Kier molecular flexibility index (Phi) is 5.45. The number of hydrogen-bond donors (Lipinski definition) is 2. The largest absolute Gasteiger partial charge is 0.360 e. The Morgan fingerprint density at radius 3 is 2.80 bits per heavy atom. The number of likely N-dealkylation sites (tertiary alicyclic amines) is 1. The number of anilines is 2. The molecule has 1 aliphatic rings. The molecule has 0 aliphatic carbocycles. The van der Waals surface area contributed by atoms with Gasteiger partial charge in [0, 0.05) is 18.3 Å². The van der Waals surface area contributed by atoms with Crippen molar-refractivity contribution in [1.82, 2.24) is 10.1 Å². The second-order valence-corrected chi connectivity index (χ2v) is 6.30. The fourth-order valence-corrected chi connectivity index (χ4v) is 2.99. The van der Waals surface area contributed by atoms with Crippen LogP contribution in [0.4, 0.5) is 11.5 Å². The topological polar surface area (TPSA) is 87.5 Å². The van der Waals surface area contributed by atoms with Gasteiger partial charge in [-0.3, -0.25) is 14.5 Å². The van der Waals surface area contributed by atoms with Crippen molar-refractivity contribution < 1.29 is 14.1 Å². The van der Waals surface area contributed by atoms with Gasteiger partial charge in [-0.05, 0) is 38.4 Å². The van der Waals surface area contributed by atoms with Gasteiger partial charge in [-0.25, -0.2) is 0 Å². The molecule has 1 aromatic heterocycles. The van der Waals surface area contributed by atoms with E-state index in [4.69, 9.17) is 4.52 Å². The quantitative estimate of drug-likeness (QED) is 0.870. The SMILES string of the molecule is Cc1cc(NC(=O)CN2CCCC(C(=O)Nc3ccccc3)C2)no1. The van der Waals surface area contributed by atoms with E-state index in [0.717, 1.165) is 25.1 Å². The molecule has 1 saturated heterocycles. The summed E-state index contributed by atoms with van der Waals surface area (Å²) in [6, 6.07) is 11.1. The zero-order chi connectivity index (χ0) is 17.6. The minimum absolute atomic E-state index is 0.00318. The van der Waals surface area contributed by atoms with Gasteiger partial charge in [-0.1, -0.05) is 23.4 Å². The molecule has 1 aliphatic heterocycles. The summed E-state index contributed by atoms with van der Waals surface area (Å²) >= 11 is 0. The zero-order valence-corrected chi connectivity index (χ0v) is 14.2. The molecule has 0 bridgehead atoms. The first-order valence-electron chi connectivity index (χ1n) is 8.41. The maximum Gasteiger partial charge on any atom is 0.239 e. The lowest BCUT2D eigenvalue weighted by molar-refractivity contribution is -0.123. The number of para-hydroxylation sites is 1. The van der Waals surface area contributed by atoms with Crippen LogP contribution in [-0.2, 0) is 9.59 Å². The molecule has 25 heavy (non-hydrogen) atoms. The van der Waals surface area contributed by atoms with E-state index in [9.17, 15) is 9.59 Å². The molecule has 132 valence electrons. The summed E-state index contributed by atoms with van der Waals surface area (Å²) in [5.41, 5.74) is 0.795. The average molecular weight is 342 g/mol. The summed E-state index contributed by atoms with van der Waals surface area (Å²) in [7, 11) is 0. The lowest BCUT2D eigenvalue weighted by Gasteiger charge is -2.31. The molecule has 7 heteroatoms. The van der Waals surface area contributed by atoms with Crippen LogP contribution in [0.25, 0.3) is 0 Å². The maximum atomic E-state index is 12.4. The second kappa shape index (κ2) is 7.94. The molecule has 1 fully saturated rings. The van der Waals surface area contributed by atoms with Crippen molar-refractivity contribution in [2.24, 2.45) is 5.92 Å². The van der Waals surface area contributed by atoms with Crippen LogP contribution in [0.2, 0.25) is 0 Å². The van der Waals surface area contributed by atoms with Crippen LogP contribution >= 0.6 is 0 Å². The average Bonchev–Trinajstić information content (AvgIpc) is 3.00. The standard InChI is InChI=1S/C18H22N4O3/c1-13-10-16(21-25-13)20-17(23)12-22-9-5-6-14(11-22)18(24)19-15-7-3-2-4-8-15/h2-4,7-8,10,14H,5-6,9,11-12H2,1H3,(H,19,24)(H,20,21,23). The highest BCUT2D eigenvalue weighted by Gasteiger charge is 2.27. The van der Waals surface area contributed by atoms with Crippen molar-refractivity contribution in [2.75, 3.05) is 30.3 Å². The molecule has 1 atom stereocenters. The number of piperidine rings is 1. The molecule has 2 aromatic rings. The fourth-order valence-electron chi connectivity index (χ4n) is 2.99. The molecule has 1 aromatic carbocycles. The number of carbonyl (C=O) groups excluding carboxylic acids is 2. The number of aromatic nitrogens is 1. The number of benzene rings is 1. The number of nitrogens with zero attached hydrogens (tertiary/aromatic N) is 2. The molecule has 2 amide bonds. The third-order valence-corrected chi connectivity index (χ3v) is 4.18. The number of carbonyl (C=O) groups is 2. The second-order valence-electron chi connectivity index (χ2n) is 6.30. The van der Waals surface area contributed by atoms with Crippen LogP contribution in [0.5, 0.6) is 0 Å². The van der Waals surface area contributed by atoms with Crippen LogP contribution in [0.1, 0.15) is 18.6 Å². The predicted octanol–water partition coefficient (Wildman–Crippen LogP) is 2.27. The third kappa shape index (κ3) is 4.90. The molecule has 2 N–H and O–H groups in total. The Hall–Kier alpha value is -2.67. The Bertz CT molecular complexity index is 729. The number of nitrogens with one attached hydrogen (secondary N) is 2. The molecule has 7 nitrogen and oxygen atoms in total. The van der Waals surface area contributed by atoms with E-state index in [0.29, 0.717) is 18.1 Å². The Labute approximate surface area is 146 Å². The number of hydrogen-bond acceptors (Lipinski definition) is 5. The van der Waals surface area contributed by atoms with Gasteiger partial charge < -0.3 is 15.2 Å². The molecule has 2 heterocycles. The van der Waals surface area contributed by atoms with Crippen LogP contribution in [0, 0.1) is 12.8 Å². The molecule has 3 rings (SSSR count). The summed E-state index contributed by atoms with van der Waals surface area (Å²) < 4.78 is 4.93. The number of rotatable bonds is 5. The first-order chi connectivity index (χ1) is 12.1. The van der Waals surface area contributed by atoms with Gasteiger partial charge in [-0.2, -0.15) is 0 Å². The van der Waals surface area contributed by atoms with Gasteiger partial charge in [0.2, 0.25) is 11.8 Å². The molecule has 1 unspecified atom stereocenters. The van der Waals surface area contributed by atoms with Crippen LogP contribution in [0.15, 0.2) is 40.9 Å². The maximum absolute atomic E-state index is 12.4. The molecule has 0 spiro atoms. The summed E-state index contributed by atoms with van der Waals surface area (Å²) in [4.78, 5) is 26.6. The molecular weight excluding hydrogens is 320 g/mol. The highest BCUT2D eigenvalue weighted by molar-refractivity contribution is 5.93. The minimum Gasteiger partial charge on any atom is -0.360 e. The Morgan fingerprint density at radius 2 is 2.08 bits per heavy atom. The monoisotopic (exact) mass is 342 g/mol. The van der Waals surface area contributed by atoms with Crippen LogP contribution in [-0.4, -0.2) is 41.5 Å². The van der Waals surface area contributed by atoms with Crippen molar-refractivity contribution in [3.8, 4) is 0 Å². The summed E-state index contributed by atoms with van der Waals surface area (Å²) in [6.07, 6.45) is 1.72. The van der Waals surface area contributed by atoms with Crippen LogP contribution < -0.4 is 10.6 Å². The van der Waals surface area contributed by atoms with Crippen LogP contribution in [0.3, 0.4) is 0 Å².